The molecule has 0 unspecified atom stereocenters. The van der Waals surface area contributed by atoms with Gasteiger partial charge in [0.2, 0.25) is 15.9 Å². The highest BCUT2D eigenvalue weighted by molar-refractivity contribution is 7.92. The van der Waals surface area contributed by atoms with Gasteiger partial charge in [0.25, 0.3) is 5.91 Å². The van der Waals surface area contributed by atoms with Crippen molar-refractivity contribution >= 4 is 45.4 Å². The second-order valence-corrected chi connectivity index (χ2v) is 11.8. The Morgan fingerprint density at radius 3 is 2.17 bits per heavy atom. The van der Waals surface area contributed by atoms with Gasteiger partial charge in [-0.15, -0.1) is 12.4 Å². The maximum absolute atomic E-state index is 12.5. The zero-order valence-corrected chi connectivity index (χ0v) is 24.8. The first-order chi connectivity index (χ1) is 19.8. The van der Waals surface area contributed by atoms with Crippen molar-refractivity contribution in [3.8, 4) is 11.6 Å². The molecule has 42 heavy (non-hydrogen) atoms. The van der Waals surface area contributed by atoms with E-state index in [1.54, 1.807) is 24.3 Å². The molecule has 1 aromatic heterocycles. The minimum atomic E-state index is -3.32. The summed E-state index contributed by atoms with van der Waals surface area (Å²) < 4.78 is 30.9. The van der Waals surface area contributed by atoms with E-state index in [2.05, 4.69) is 25.2 Å². The predicted octanol–water partition coefficient (Wildman–Crippen LogP) is 6.00. The largest absolute Gasteiger partial charge is 0.439 e. The van der Waals surface area contributed by atoms with Crippen molar-refractivity contribution in [3.05, 3.63) is 108 Å². The van der Waals surface area contributed by atoms with E-state index in [-0.39, 0.29) is 18.3 Å². The Hall–Kier alpha value is -4.12. The quantitative estimate of drug-likeness (QED) is 0.203. The lowest BCUT2D eigenvalue weighted by Gasteiger charge is -2.32. The van der Waals surface area contributed by atoms with Gasteiger partial charge in [0, 0.05) is 60.6 Å². The van der Waals surface area contributed by atoms with Gasteiger partial charge in [0.1, 0.15) is 5.75 Å². The number of piperidine rings is 1. The monoisotopic (exact) mass is 607 g/mol. The summed E-state index contributed by atoms with van der Waals surface area (Å²) in [5, 5.41) is 6.52. The van der Waals surface area contributed by atoms with Crippen LogP contribution in [0.1, 0.15) is 28.8 Å². The van der Waals surface area contributed by atoms with Crippen LogP contribution < -0.4 is 20.1 Å². The summed E-state index contributed by atoms with van der Waals surface area (Å²) in [6, 6.07) is 28.0. The maximum Gasteiger partial charge on any atom is 0.255 e. The van der Waals surface area contributed by atoms with E-state index in [0.717, 1.165) is 55.7 Å². The summed E-state index contributed by atoms with van der Waals surface area (Å²) in [6.45, 7) is 2.76. The molecule has 3 aromatic carbocycles. The minimum absolute atomic E-state index is 0. The van der Waals surface area contributed by atoms with Gasteiger partial charge in [0.15, 0.2) is 0 Å². The number of amides is 1. The number of nitrogens with one attached hydrogen (secondary N) is 3. The highest BCUT2D eigenvalue weighted by Gasteiger charge is 2.19. The lowest BCUT2D eigenvalue weighted by Crippen LogP contribution is -2.38. The van der Waals surface area contributed by atoms with E-state index >= 15 is 0 Å². The molecular weight excluding hydrogens is 574 g/mol. The Morgan fingerprint density at radius 1 is 0.881 bits per heavy atom. The second kappa shape index (κ2) is 14.2. The molecule has 0 spiro atoms. The van der Waals surface area contributed by atoms with Crippen molar-refractivity contribution in [2.24, 2.45) is 0 Å². The average Bonchev–Trinajstić information content (AvgIpc) is 2.96. The van der Waals surface area contributed by atoms with Gasteiger partial charge in [0.05, 0.1) is 6.26 Å². The molecular formula is C31H34ClN5O4S. The predicted molar refractivity (Wildman–Crippen MR) is 169 cm³/mol. The van der Waals surface area contributed by atoms with Crippen LogP contribution in [0.15, 0.2) is 97.2 Å². The molecule has 1 aliphatic rings. The number of sulfonamides is 1. The highest BCUT2D eigenvalue weighted by atomic mass is 35.5. The van der Waals surface area contributed by atoms with Crippen LogP contribution in [0.5, 0.6) is 11.6 Å². The van der Waals surface area contributed by atoms with Gasteiger partial charge in [-0.05, 0) is 79.1 Å². The number of likely N-dealkylation sites (tertiary alicyclic amines) is 1. The van der Waals surface area contributed by atoms with Crippen molar-refractivity contribution in [1.82, 2.24) is 9.88 Å². The van der Waals surface area contributed by atoms with Crippen LogP contribution >= 0.6 is 12.4 Å². The van der Waals surface area contributed by atoms with Crippen molar-refractivity contribution < 1.29 is 17.9 Å². The summed E-state index contributed by atoms with van der Waals surface area (Å²) in [4.78, 5) is 19.3. The highest BCUT2D eigenvalue weighted by Crippen LogP contribution is 2.23. The fraction of sp³-hybridized carbons (Fsp3) is 0.226. The normalized spacial score (nSPS) is 13.9. The fourth-order valence-corrected chi connectivity index (χ4v) is 5.23. The first kappa shape index (κ1) is 30.8. The summed E-state index contributed by atoms with van der Waals surface area (Å²) in [6.07, 6.45) is 4.98. The Labute approximate surface area is 252 Å². The molecule has 1 fully saturated rings. The van der Waals surface area contributed by atoms with Gasteiger partial charge in [-0.1, -0.05) is 24.3 Å². The van der Waals surface area contributed by atoms with Crippen LogP contribution in [-0.2, 0) is 16.6 Å². The Balaban J connectivity index is 0.00000405. The Bertz CT molecular complexity index is 1540. The fourth-order valence-electron chi connectivity index (χ4n) is 4.66. The smallest absolute Gasteiger partial charge is 0.255 e. The maximum atomic E-state index is 12.5. The molecule has 3 N–H and O–H groups in total. The molecule has 5 rings (SSSR count). The van der Waals surface area contributed by atoms with Crippen molar-refractivity contribution in [2.75, 3.05) is 34.7 Å². The molecule has 11 heteroatoms. The zero-order chi connectivity index (χ0) is 28.7. The van der Waals surface area contributed by atoms with Crippen molar-refractivity contribution in [2.45, 2.75) is 25.4 Å². The number of benzene rings is 3. The van der Waals surface area contributed by atoms with E-state index in [9.17, 15) is 13.2 Å². The van der Waals surface area contributed by atoms with E-state index in [0.29, 0.717) is 28.9 Å². The molecule has 2 heterocycles. The molecule has 4 aromatic rings. The standard InChI is InChI=1S/C31H33N5O4S.ClH/c1-41(38,39)35-28-12-14-29(15-13-28)40-30-16-7-23(21-32-30)22-36-19-17-27(18-20-36)33-26-10-8-24(9-11-26)31(37)34-25-5-3-2-4-6-25;/h2-16,21,27,33,35H,17-20,22H2,1H3,(H,34,37);1H. The average molecular weight is 608 g/mol. The van der Waals surface area contributed by atoms with Crippen molar-refractivity contribution in [1.29, 1.82) is 0 Å². The number of rotatable bonds is 10. The van der Waals surface area contributed by atoms with Crippen molar-refractivity contribution in [3.63, 3.8) is 0 Å². The van der Waals surface area contributed by atoms with Crippen LogP contribution in [0, 0.1) is 0 Å². The summed E-state index contributed by atoms with van der Waals surface area (Å²) in [5.41, 5.74) is 4.00. The first-order valence-corrected chi connectivity index (χ1v) is 15.3. The van der Waals surface area contributed by atoms with Crippen LogP contribution in [0.3, 0.4) is 0 Å². The summed E-state index contributed by atoms with van der Waals surface area (Å²) >= 11 is 0. The molecule has 1 aliphatic heterocycles. The molecule has 9 nitrogen and oxygen atoms in total. The molecule has 220 valence electrons. The molecule has 0 bridgehead atoms. The number of pyridine rings is 1. The number of ether oxygens (including phenoxy) is 1. The lowest BCUT2D eigenvalue weighted by atomic mass is 10.0. The summed E-state index contributed by atoms with van der Waals surface area (Å²) in [7, 11) is -3.32. The van der Waals surface area contributed by atoms with Gasteiger partial charge in [-0.2, -0.15) is 0 Å². The Morgan fingerprint density at radius 2 is 1.55 bits per heavy atom. The topological polar surface area (TPSA) is 113 Å². The minimum Gasteiger partial charge on any atom is -0.439 e. The lowest BCUT2D eigenvalue weighted by molar-refractivity contribution is 0.102. The third-order valence-electron chi connectivity index (χ3n) is 6.72. The molecule has 0 atom stereocenters. The zero-order valence-electron chi connectivity index (χ0n) is 23.2. The van der Waals surface area contributed by atoms with Crippen LogP contribution in [-0.4, -0.2) is 49.6 Å². The number of aromatic nitrogens is 1. The Kier molecular flexibility index (Phi) is 10.4. The van der Waals surface area contributed by atoms with Gasteiger partial charge in [-0.25, -0.2) is 13.4 Å². The molecule has 1 amide bonds. The van der Waals surface area contributed by atoms with E-state index in [1.165, 1.54) is 0 Å². The molecule has 0 radical (unpaired) electrons. The van der Waals surface area contributed by atoms with Gasteiger partial charge >= 0.3 is 0 Å². The number of para-hydroxylation sites is 1. The van der Waals surface area contributed by atoms with Crippen LogP contribution in [0.25, 0.3) is 0 Å². The number of carbonyl (C=O) groups is 1. The van der Waals surface area contributed by atoms with E-state index < -0.39 is 10.0 Å². The van der Waals surface area contributed by atoms with Crippen LogP contribution in [0.2, 0.25) is 0 Å². The third kappa shape index (κ3) is 9.20. The van der Waals surface area contributed by atoms with E-state index in [4.69, 9.17) is 4.74 Å². The molecule has 0 aliphatic carbocycles. The van der Waals surface area contributed by atoms with E-state index in [1.807, 2.05) is 72.9 Å². The summed E-state index contributed by atoms with van der Waals surface area (Å²) in [5.74, 6) is 0.927. The number of anilines is 3. The number of halogens is 1. The van der Waals surface area contributed by atoms with Crippen LogP contribution in [0.4, 0.5) is 17.1 Å². The first-order valence-electron chi connectivity index (χ1n) is 13.5. The molecule has 0 saturated carbocycles. The second-order valence-electron chi connectivity index (χ2n) is 10.1. The molecule has 1 saturated heterocycles. The number of hydrogen-bond donors (Lipinski definition) is 3. The third-order valence-corrected chi connectivity index (χ3v) is 7.33. The number of nitrogens with zero attached hydrogens (tertiary/aromatic N) is 2. The van der Waals surface area contributed by atoms with Gasteiger partial charge in [-0.3, -0.25) is 14.4 Å². The SMILES string of the molecule is CS(=O)(=O)Nc1ccc(Oc2ccc(CN3CCC(Nc4ccc(C(=O)Nc5ccccc5)cc4)CC3)cn2)cc1.Cl. The number of carbonyl (C=O) groups excluding carboxylic acids is 1. The number of hydrogen-bond acceptors (Lipinski definition) is 7. The van der Waals surface area contributed by atoms with Gasteiger partial charge < -0.3 is 15.4 Å².